The van der Waals surface area contributed by atoms with Gasteiger partial charge in [-0.1, -0.05) is 30.3 Å². The molecule has 0 radical (unpaired) electrons. The van der Waals surface area contributed by atoms with Crippen molar-refractivity contribution < 1.29 is 17.9 Å². The van der Waals surface area contributed by atoms with E-state index in [0.717, 1.165) is 30.2 Å². The van der Waals surface area contributed by atoms with Crippen LogP contribution in [0.15, 0.2) is 47.4 Å². The lowest BCUT2D eigenvalue weighted by Crippen LogP contribution is -2.47. The number of carbonyl (C=O) groups is 1. The van der Waals surface area contributed by atoms with Crippen molar-refractivity contribution in [3.8, 4) is 0 Å². The number of ether oxygens (including phenoxy) is 1. The van der Waals surface area contributed by atoms with E-state index < -0.39 is 16.1 Å². The first-order valence-electron chi connectivity index (χ1n) is 9.46. The average Bonchev–Trinajstić information content (AvgIpc) is 3.37. The number of nitrogens with zero attached hydrogens (tertiary/aromatic N) is 1. The first-order chi connectivity index (χ1) is 13.1. The SMILES string of the molecule is O=C(NC[C@@H]1CCCO1)[C@@H]1CCCN1S(=O)(=O)c1ccc2ccccc2c1. The minimum Gasteiger partial charge on any atom is -0.376 e. The smallest absolute Gasteiger partial charge is 0.243 e. The molecule has 2 aliphatic heterocycles. The highest BCUT2D eigenvalue weighted by Crippen LogP contribution is 2.28. The fourth-order valence-electron chi connectivity index (χ4n) is 3.89. The zero-order valence-corrected chi connectivity index (χ0v) is 16.0. The molecule has 1 amide bonds. The number of nitrogens with one attached hydrogen (secondary N) is 1. The van der Waals surface area contributed by atoms with Crippen LogP contribution in [0.1, 0.15) is 25.7 Å². The van der Waals surface area contributed by atoms with Crippen molar-refractivity contribution >= 4 is 26.7 Å². The first-order valence-corrected chi connectivity index (χ1v) is 10.9. The highest BCUT2D eigenvalue weighted by Gasteiger charge is 2.39. The predicted molar refractivity (Wildman–Crippen MR) is 103 cm³/mol. The number of rotatable bonds is 5. The molecule has 2 heterocycles. The molecule has 6 nitrogen and oxygen atoms in total. The molecule has 0 spiro atoms. The molecular weight excluding hydrogens is 364 g/mol. The summed E-state index contributed by atoms with van der Waals surface area (Å²) in [5.41, 5.74) is 0. The highest BCUT2D eigenvalue weighted by atomic mass is 32.2. The van der Waals surface area contributed by atoms with Crippen LogP contribution in [-0.2, 0) is 19.6 Å². The minimum absolute atomic E-state index is 0.0425. The van der Waals surface area contributed by atoms with Crippen LogP contribution in [0.5, 0.6) is 0 Å². The van der Waals surface area contributed by atoms with Crippen molar-refractivity contribution in [2.75, 3.05) is 19.7 Å². The maximum Gasteiger partial charge on any atom is 0.243 e. The molecule has 2 atom stereocenters. The van der Waals surface area contributed by atoms with Crippen LogP contribution >= 0.6 is 0 Å². The lowest BCUT2D eigenvalue weighted by molar-refractivity contribution is -0.124. The quantitative estimate of drug-likeness (QED) is 0.853. The van der Waals surface area contributed by atoms with E-state index in [9.17, 15) is 13.2 Å². The van der Waals surface area contributed by atoms with Gasteiger partial charge >= 0.3 is 0 Å². The molecule has 2 fully saturated rings. The van der Waals surface area contributed by atoms with Crippen molar-refractivity contribution in [1.29, 1.82) is 0 Å². The van der Waals surface area contributed by atoms with E-state index in [1.807, 2.05) is 30.3 Å². The van der Waals surface area contributed by atoms with Gasteiger partial charge in [0, 0.05) is 19.7 Å². The summed E-state index contributed by atoms with van der Waals surface area (Å²) in [6, 6.07) is 12.1. The average molecular weight is 388 g/mol. The molecule has 4 rings (SSSR count). The van der Waals surface area contributed by atoms with Crippen molar-refractivity contribution in [3.63, 3.8) is 0 Å². The van der Waals surface area contributed by atoms with Crippen LogP contribution in [0.3, 0.4) is 0 Å². The van der Waals surface area contributed by atoms with Gasteiger partial charge < -0.3 is 10.1 Å². The number of sulfonamides is 1. The Hall–Kier alpha value is -1.96. The Balaban J connectivity index is 1.52. The van der Waals surface area contributed by atoms with E-state index in [4.69, 9.17) is 4.74 Å². The molecule has 1 N–H and O–H groups in total. The van der Waals surface area contributed by atoms with Crippen LogP contribution in [0.4, 0.5) is 0 Å². The number of amides is 1. The molecule has 2 aromatic rings. The third-order valence-corrected chi connectivity index (χ3v) is 7.27. The van der Waals surface area contributed by atoms with Gasteiger partial charge in [-0.3, -0.25) is 4.79 Å². The van der Waals surface area contributed by atoms with Crippen molar-refractivity contribution in [1.82, 2.24) is 9.62 Å². The number of benzene rings is 2. The summed E-state index contributed by atoms with van der Waals surface area (Å²) in [6.45, 7) is 1.54. The second kappa shape index (κ2) is 7.58. The first kappa shape index (κ1) is 18.4. The topological polar surface area (TPSA) is 75.7 Å². The van der Waals surface area contributed by atoms with E-state index >= 15 is 0 Å². The van der Waals surface area contributed by atoms with E-state index in [1.54, 1.807) is 12.1 Å². The summed E-state index contributed by atoms with van der Waals surface area (Å²) in [7, 11) is -3.72. The second-order valence-electron chi connectivity index (χ2n) is 7.16. The third kappa shape index (κ3) is 3.72. The molecule has 0 unspecified atom stereocenters. The molecular formula is C20H24N2O4S. The van der Waals surface area contributed by atoms with Gasteiger partial charge in [-0.2, -0.15) is 4.31 Å². The van der Waals surface area contributed by atoms with Gasteiger partial charge in [-0.05, 0) is 48.6 Å². The Morgan fingerprint density at radius 2 is 1.93 bits per heavy atom. The molecule has 0 aliphatic carbocycles. The van der Waals surface area contributed by atoms with Crippen LogP contribution in [0.2, 0.25) is 0 Å². The number of carbonyl (C=O) groups excluding carboxylic acids is 1. The van der Waals surface area contributed by atoms with Crippen LogP contribution < -0.4 is 5.32 Å². The van der Waals surface area contributed by atoms with Gasteiger partial charge in [-0.15, -0.1) is 0 Å². The minimum atomic E-state index is -3.72. The Morgan fingerprint density at radius 3 is 2.70 bits per heavy atom. The zero-order chi connectivity index (χ0) is 18.9. The summed E-state index contributed by atoms with van der Waals surface area (Å²) in [5.74, 6) is -0.229. The highest BCUT2D eigenvalue weighted by molar-refractivity contribution is 7.89. The lowest BCUT2D eigenvalue weighted by Gasteiger charge is -2.24. The number of hydrogen-bond acceptors (Lipinski definition) is 4. The molecule has 27 heavy (non-hydrogen) atoms. The molecule has 0 bridgehead atoms. The Labute approximate surface area is 159 Å². The maximum atomic E-state index is 13.2. The Morgan fingerprint density at radius 1 is 1.11 bits per heavy atom. The van der Waals surface area contributed by atoms with Gasteiger partial charge in [0.25, 0.3) is 0 Å². The van der Waals surface area contributed by atoms with Gasteiger partial charge in [0.05, 0.1) is 11.0 Å². The van der Waals surface area contributed by atoms with Crippen LogP contribution in [-0.4, -0.2) is 50.5 Å². The molecule has 0 saturated carbocycles. The largest absolute Gasteiger partial charge is 0.376 e. The van der Waals surface area contributed by atoms with Crippen LogP contribution in [0.25, 0.3) is 10.8 Å². The molecule has 2 saturated heterocycles. The van der Waals surface area contributed by atoms with E-state index in [1.165, 1.54) is 4.31 Å². The zero-order valence-electron chi connectivity index (χ0n) is 15.1. The van der Waals surface area contributed by atoms with Crippen molar-refractivity contribution in [2.45, 2.75) is 42.7 Å². The Bertz CT molecular complexity index is 938. The van der Waals surface area contributed by atoms with Crippen molar-refractivity contribution in [3.05, 3.63) is 42.5 Å². The number of hydrogen-bond donors (Lipinski definition) is 1. The number of fused-ring (bicyclic) bond motifs is 1. The molecule has 7 heteroatoms. The third-order valence-electron chi connectivity index (χ3n) is 5.36. The van der Waals surface area contributed by atoms with E-state index in [2.05, 4.69) is 5.32 Å². The van der Waals surface area contributed by atoms with Crippen molar-refractivity contribution in [2.24, 2.45) is 0 Å². The monoisotopic (exact) mass is 388 g/mol. The molecule has 144 valence electrons. The van der Waals surface area contributed by atoms with Gasteiger partial charge in [0.2, 0.25) is 15.9 Å². The maximum absolute atomic E-state index is 13.2. The summed E-state index contributed by atoms with van der Waals surface area (Å²) in [5, 5.41) is 4.74. The second-order valence-corrected chi connectivity index (χ2v) is 9.05. The summed E-state index contributed by atoms with van der Waals surface area (Å²) >= 11 is 0. The summed E-state index contributed by atoms with van der Waals surface area (Å²) in [6.07, 6.45) is 3.21. The summed E-state index contributed by atoms with van der Waals surface area (Å²) < 4.78 is 33.2. The fraction of sp³-hybridized carbons (Fsp3) is 0.450. The summed E-state index contributed by atoms with van der Waals surface area (Å²) in [4.78, 5) is 12.9. The Kier molecular flexibility index (Phi) is 5.16. The fourth-order valence-corrected chi connectivity index (χ4v) is 5.58. The predicted octanol–water partition coefficient (Wildman–Crippen LogP) is 2.29. The van der Waals surface area contributed by atoms with E-state index in [0.29, 0.717) is 25.9 Å². The van der Waals surface area contributed by atoms with Gasteiger partial charge in [0.15, 0.2) is 0 Å². The molecule has 2 aromatic carbocycles. The standard InChI is InChI=1S/C20H24N2O4S/c23-20(21-14-17-7-4-12-26-17)19-8-3-11-22(19)27(24,25)18-10-9-15-5-1-2-6-16(15)13-18/h1-2,5-6,9-10,13,17,19H,3-4,7-8,11-12,14H2,(H,21,23)/t17-,19-/m0/s1. The van der Waals surface area contributed by atoms with Gasteiger partial charge in [-0.25, -0.2) is 8.42 Å². The van der Waals surface area contributed by atoms with E-state index in [-0.39, 0.29) is 16.9 Å². The normalized spacial score (nSPS) is 23.7. The van der Waals surface area contributed by atoms with Gasteiger partial charge in [0.1, 0.15) is 6.04 Å². The lowest BCUT2D eigenvalue weighted by atomic mass is 10.1. The molecule has 0 aromatic heterocycles. The van der Waals surface area contributed by atoms with Crippen LogP contribution in [0, 0.1) is 0 Å². The molecule has 2 aliphatic rings.